The summed E-state index contributed by atoms with van der Waals surface area (Å²) in [5.41, 5.74) is 0.921. The quantitative estimate of drug-likeness (QED) is 0.771. The van der Waals surface area contributed by atoms with Gasteiger partial charge in [0.2, 0.25) is 10.0 Å². The van der Waals surface area contributed by atoms with E-state index >= 15 is 0 Å². The molecule has 0 aromatic heterocycles. The molecule has 1 aliphatic heterocycles. The van der Waals surface area contributed by atoms with E-state index in [1.54, 1.807) is 18.2 Å². The second kappa shape index (κ2) is 7.70. The number of piperazine rings is 1. The number of hydrogen-bond donors (Lipinski definition) is 1. The van der Waals surface area contributed by atoms with Gasteiger partial charge in [0.1, 0.15) is 5.25 Å². The Hall–Kier alpha value is -1.02. The molecule has 0 aromatic carbocycles. The molecule has 1 heterocycles. The van der Waals surface area contributed by atoms with Crippen LogP contribution in [0.2, 0.25) is 0 Å². The molecular formula is C16H26FN3O2S. The van der Waals surface area contributed by atoms with Gasteiger partial charge in [0.25, 0.3) is 0 Å². The molecule has 1 aliphatic carbocycles. The number of allylic oxidation sites excluding steroid dienone is 4. The van der Waals surface area contributed by atoms with Gasteiger partial charge in [-0.1, -0.05) is 36.0 Å². The zero-order valence-corrected chi connectivity index (χ0v) is 14.8. The number of nitrogens with one attached hydrogen (secondary N) is 1. The van der Waals surface area contributed by atoms with Gasteiger partial charge >= 0.3 is 0 Å². The summed E-state index contributed by atoms with van der Waals surface area (Å²) in [5, 5.41) is 0.129. The smallest absolute Gasteiger partial charge is 0.222 e. The van der Waals surface area contributed by atoms with Gasteiger partial charge in [-0.25, -0.2) is 13.1 Å². The van der Waals surface area contributed by atoms with Crippen molar-refractivity contribution in [1.29, 1.82) is 0 Å². The van der Waals surface area contributed by atoms with Crippen LogP contribution in [0.3, 0.4) is 0 Å². The van der Waals surface area contributed by atoms with E-state index in [1.807, 2.05) is 32.9 Å². The van der Waals surface area contributed by atoms with Crippen molar-refractivity contribution < 1.29 is 12.9 Å². The minimum Gasteiger partial charge on any atom is -0.296 e. The molecule has 2 aliphatic rings. The molecule has 0 spiro atoms. The molecule has 1 fully saturated rings. The maximum Gasteiger partial charge on any atom is 0.222 e. The second-order valence-corrected chi connectivity index (χ2v) is 8.13. The lowest BCUT2D eigenvalue weighted by atomic mass is 10.1. The first-order valence-electron chi connectivity index (χ1n) is 7.99. The van der Waals surface area contributed by atoms with Crippen LogP contribution in [0.1, 0.15) is 20.8 Å². The zero-order valence-electron chi connectivity index (χ0n) is 13.9. The summed E-state index contributed by atoms with van der Waals surface area (Å²) in [6.07, 6.45) is 8.89. The Bertz CT molecular complexity index is 592. The van der Waals surface area contributed by atoms with Crippen LogP contribution in [0.15, 0.2) is 36.0 Å². The maximum absolute atomic E-state index is 13.1. The molecule has 5 nitrogen and oxygen atoms in total. The highest BCUT2D eigenvalue weighted by Gasteiger charge is 2.29. The standard InChI is InChI=1S/C16H26FN3O2S/c1-13-6-4-5-7-16(12-13)23(21,22)18-14(2)15(3)19-8-10-20(17)11-9-19/h4-7,12,14-16,18H,8-11H2,1-3H3. The van der Waals surface area contributed by atoms with E-state index in [4.69, 9.17) is 0 Å². The van der Waals surface area contributed by atoms with Crippen molar-refractivity contribution in [3.05, 3.63) is 36.0 Å². The molecule has 1 saturated heterocycles. The van der Waals surface area contributed by atoms with Crippen molar-refractivity contribution in [2.24, 2.45) is 0 Å². The molecule has 0 amide bonds. The van der Waals surface area contributed by atoms with Gasteiger partial charge in [0, 0.05) is 38.3 Å². The fourth-order valence-corrected chi connectivity index (χ4v) is 4.37. The lowest BCUT2D eigenvalue weighted by Crippen LogP contribution is -2.54. The van der Waals surface area contributed by atoms with Crippen LogP contribution in [-0.4, -0.2) is 62.0 Å². The summed E-state index contributed by atoms with van der Waals surface area (Å²) in [5.74, 6) is 0. The largest absolute Gasteiger partial charge is 0.296 e. The predicted octanol–water partition coefficient (Wildman–Crippen LogP) is 1.63. The van der Waals surface area contributed by atoms with Gasteiger partial charge in [0.15, 0.2) is 0 Å². The lowest BCUT2D eigenvalue weighted by molar-refractivity contribution is -0.0327. The first-order valence-corrected chi connectivity index (χ1v) is 9.53. The van der Waals surface area contributed by atoms with Gasteiger partial charge in [-0.3, -0.25) is 4.90 Å². The van der Waals surface area contributed by atoms with Gasteiger partial charge in [-0.15, -0.1) is 9.60 Å². The molecule has 130 valence electrons. The van der Waals surface area contributed by atoms with E-state index in [2.05, 4.69) is 9.62 Å². The van der Waals surface area contributed by atoms with E-state index < -0.39 is 15.3 Å². The lowest BCUT2D eigenvalue weighted by Gasteiger charge is -2.37. The van der Waals surface area contributed by atoms with Crippen LogP contribution >= 0.6 is 0 Å². The molecule has 1 N–H and O–H groups in total. The number of halogens is 1. The molecule has 0 saturated carbocycles. The van der Waals surface area contributed by atoms with Crippen molar-refractivity contribution in [2.75, 3.05) is 26.2 Å². The average Bonchev–Trinajstić information content (AvgIpc) is 2.72. The van der Waals surface area contributed by atoms with E-state index in [1.165, 1.54) is 0 Å². The number of rotatable bonds is 5. The van der Waals surface area contributed by atoms with E-state index in [0.29, 0.717) is 26.2 Å². The Morgan fingerprint density at radius 2 is 1.87 bits per heavy atom. The van der Waals surface area contributed by atoms with Crippen LogP contribution in [0.25, 0.3) is 0 Å². The predicted molar refractivity (Wildman–Crippen MR) is 91.1 cm³/mol. The average molecular weight is 343 g/mol. The Morgan fingerprint density at radius 1 is 1.22 bits per heavy atom. The summed E-state index contributed by atoms with van der Waals surface area (Å²) in [7, 11) is -3.50. The molecule has 3 unspecified atom stereocenters. The summed E-state index contributed by atoms with van der Waals surface area (Å²) in [4.78, 5) is 2.12. The molecular weight excluding hydrogens is 317 g/mol. The summed E-state index contributed by atoms with van der Waals surface area (Å²) >= 11 is 0. The third kappa shape index (κ3) is 4.97. The Kier molecular flexibility index (Phi) is 6.13. The highest BCUT2D eigenvalue weighted by molar-refractivity contribution is 7.90. The molecule has 7 heteroatoms. The van der Waals surface area contributed by atoms with Crippen LogP contribution in [0.4, 0.5) is 4.48 Å². The normalized spacial score (nSPS) is 26.6. The van der Waals surface area contributed by atoms with Crippen LogP contribution < -0.4 is 4.72 Å². The van der Waals surface area contributed by atoms with Crippen LogP contribution in [0.5, 0.6) is 0 Å². The summed E-state index contributed by atoms with van der Waals surface area (Å²) < 4.78 is 41.1. The third-order valence-electron chi connectivity index (χ3n) is 4.47. The summed E-state index contributed by atoms with van der Waals surface area (Å²) in [6.45, 7) is 7.66. The number of hydrogen-bond acceptors (Lipinski definition) is 4. The number of nitrogens with zero attached hydrogens (tertiary/aromatic N) is 2. The van der Waals surface area contributed by atoms with Gasteiger partial charge in [-0.2, -0.15) is 0 Å². The van der Waals surface area contributed by atoms with Gasteiger partial charge < -0.3 is 0 Å². The second-order valence-electron chi connectivity index (χ2n) is 6.26. The Balaban J connectivity index is 2.00. The minimum absolute atomic E-state index is 0.0106. The van der Waals surface area contributed by atoms with Crippen LogP contribution in [-0.2, 0) is 10.0 Å². The van der Waals surface area contributed by atoms with E-state index in [9.17, 15) is 12.9 Å². The van der Waals surface area contributed by atoms with Gasteiger partial charge in [-0.05, 0) is 20.8 Å². The molecule has 0 radical (unpaired) electrons. The third-order valence-corrected chi connectivity index (χ3v) is 6.18. The summed E-state index contributed by atoms with van der Waals surface area (Å²) in [6, 6.07) is -0.235. The van der Waals surface area contributed by atoms with Crippen molar-refractivity contribution in [3.63, 3.8) is 0 Å². The van der Waals surface area contributed by atoms with Crippen molar-refractivity contribution in [2.45, 2.75) is 38.1 Å². The molecule has 0 bridgehead atoms. The van der Waals surface area contributed by atoms with Crippen LogP contribution in [0, 0.1) is 0 Å². The zero-order chi connectivity index (χ0) is 17.0. The highest BCUT2D eigenvalue weighted by Crippen LogP contribution is 2.15. The molecule has 2 rings (SSSR count). The van der Waals surface area contributed by atoms with Crippen molar-refractivity contribution in [1.82, 2.24) is 14.7 Å². The minimum atomic E-state index is -3.50. The maximum atomic E-state index is 13.1. The number of sulfonamides is 1. The van der Waals surface area contributed by atoms with E-state index in [0.717, 1.165) is 10.7 Å². The first-order chi connectivity index (χ1) is 10.8. The van der Waals surface area contributed by atoms with Crippen molar-refractivity contribution >= 4 is 10.0 Å². The first kappa shape index (κ1) is 18.3. The Labute approximate surface area is 138 Å². The fourth-order valence-electron chi connectivity index (χ4n) is 2.80. The monoisotopic (exact) mass is 343 g/mol. The fraction of sp³-hybridized carbons (Fsp3) is 0.625. The SMILES string of the molecule is CC1=CC(S(=O)(=O)NC(C)C(C)N2CCN(F)CC2)C=CC=C1. The topological polar surface area (TPSA) is 52.7 Å². The molecule has 0 aromatic rings. The molecule has 3 atom stereocenters. The highest BCUT2D eigenvalue weighted by atomic mass is 32.2. The Morgan fingerprint density at radius 3 is 2.52 bits per heavy atom. The van der Waals surface area contributed by atoms with E-state index in [-0.39, 0.29) is 12.1 Å². The molecule has 23 heavy (non-hydrogen) atoms. The van der Waals surface area contributed by atoms with Gasteiger partial charge in [0.05, 0.1) is 0 Å². The van der Waals surface area contributed by atoms with Crippen molar-refractivity contribution in [3.8, 4) is 0 Å².